The standard InChI is InChI=1S/C11H11BrO/c1-3-8-13-9(2)10-4-6-11(12)7-5-10/h1,4-7,9H,8H2,2H3. The monoisotopic (exact) mass is 238 g/mol. The van der Waals surface area contributed by atoms with Gasteiger partial charge in [-0.05, 0) is 24.6 Å². The third-order valence-corrected chi connectivity index (χ3v) is 2.28. The lowest BCUT2D eigenvalue weighted by molar-refractivity contribution is 0.0926. The van der Waals surface area contributed by atoms with Crippen molar-refractivity contribution in [2.24, 2.45) is 0 Å². The Kier molecular flexibility index (Phi) is 4.01. The van der Waals surface area contributed by atoms with Crippen molar-refractivity contribution in [1.29, 1.82) is 0 Å². The highest BCUT2D eigenvalue weighted by molar-refractivity contribution is 9.10. The molecule has 0 radical (unpaired) electrons. The zero-order chi connectivity index (χ0) is 9.68. The molecule has 0 aliphatic carbocycles. The minimum atomic E-state index is 0.0594. The van der Waals surface area contributed by atoms with Crippen LogP contribution in [0.4, 0.5) is 0 Å². The number of benzene rings is 1. The zero-order valence-corrected chi connectivity index (χ0v) is 9.04. The molecule has 0 saturated heterocycles. The summed E-state index contributed by atoms with van der Waals surface area (Å²) >= 11 is 3.37. The molecule has 0 saturated carbocycles. The van der Waals surface area contributed by atoms with Gasteiger partial charge in [0.1, 0.15) is 6.61 Å². The van der Waals surface area contributed by atoms with Crippen molar-refractivity contribution in [1.82, 2.24) is 0 Å². The van der Waals surface area contributed by atoms with Crippen LogP contribution in [-0.4, -0.2) is 6.61 Å². The van der Waals surface area contributed by atoms with Crippen LogP contribution in [0.3, 0.4) is 0 Å². The molecule has 0 aromatic heterocycles. The smallest absolute Gasteiger partial charge is 0.108 e. The van der Waals surface area contributed by atoms with Gasteiger partial charge in [0, 0.05) is 4.47 Å². The van der Waals surface area contributed by atoms with E-state index in [0.717, 1.165) is 10.0 Å². The van der Waals surface area contributed by atoms with Gasteiger partial charge in [-0.3, -0.25) is 0 Å². The van der Waals surface area contributed by atoms with Crippen molar-refractivity contribution in [3.63, 3.8) is 0 Å². The van der Waals surface area contributed by atoms with Crippen molar-refractivity contribution < 1.29 is 4.74 Å². The van der Waals surface area contributed by atoms with Crippen LogP contribution in [0.2, 0.25) is 0 Å². The first-order valence-corrected chi connectivity index (χ1v) is 4.84. The highest BCUT2D eigenvalue weighted by Gasteiger charge is 2.03. The Labute approximate surface area is 87.2 Å². The van der Waals surface area contributed by atoms with Crippen LogP contribution in [0.15, 0.2) is 28.7 Å². The summed E-state index contributed by atoms with van der Waals surface area (Å²) in [6.45, 7) is 2.35. The Hall–Kier alpha value is -0.780. The largest absolute Gasteiger partial charge is 0.361 e. The van der Waals surface area contributed by atoms with Crippen molar-refractivity contribution in [3.8, 4) is 12.3 Å². The third kappa shape index (κ3) is 3.22. The first-order chi connectivity index (χ1) is 6.24. The summed E-state index contributed by atoms with van der Waals surface area (Å²) in [6, 6.07) is 8.02. The lowest BCUT2D eigenvalue weighted by Crippen LogP contribution is -1.99. The van der Waals surface area contributed by atoms with E-state index in [2.05, 4.69) is 21.9 Å². The molecule has 0 heterocycles. The molecule has 68 valence electrons. The molecule has 0 aliphatic rings. The summed E-state index contributed by atoms with van der Waals surface area (Å²) in [6.07, 6.45) is 5.16. The minimum Gasteiger partial charge on any atom is -0.361 e. The number of halogens is 1. The highest BCUT2D eigenvalue weighted by Crippen LogP contribution is 2.18. The molecule has 0 amide bonds. The van der Waals surface area contributed by atoms with E-state index in [1.807, 2.05) is 31.2 Å². The van der Waals surface area contributed by atoms with Crippen molar-refractivity contribution in [3.05, 3.63) is 34.3 Å². The summed E-state index contributed by atoms with van der Waals surface area (Å²) in [5.41, 5.74) is 1.14. The molecule has 1 aromatic carbocycles. The van der Waals surface area contributed by atoms with E-state index in [4.69, 9.17) is 11.2 Å². The molecule has 1 rings (SSSR count). The fraction of sp³-hybridized carbons (Fsp3) is 0.273. The normalized spacial score (nSPS) is 12.1. The molecule has 1 aromatic rings. The Balaban J connectivity index is 2.62. The quantitative estimate of drug-likeness (QED) is 0.736. The molecule has 0 fully saturated rings. The summed E-state index contributed by atoms with van der Waals surface area (Å²) in [4.78, 5) is 0. The van der Waals surface area contributed by atoms with E-state index < -0.39 is 0 Å². The summed E-state index contributed by atoms with van der Waals surface area (Å²) in [7, 11) is 0. The third-order valence-electron chi connectivity index (χ3n) is 1.76. The molecule has 0 N–H and O–H groups in total. The second-order valence-corrected chi connectivity index (χ2v) is 3.62. The Morgan fingerprint density at radius 3 is 2.62 bits per heavy atom. The fourth-order valence-corrected chi connectivity index (χ4v) is 1.27. The van der Waals surface area contributed by atoms with Gasteiger partial charge in [0.2, 0.25) is 0 Å². The summed E-state index contributed by atoms with van der Waals surface area (Å²) < 4.78 is 6.44. The van der Waals surface area contributed by atoms with Crippen molar-refractivity contribution in [2.75, 3.05) is 6.61 Å². The molecule has 0 aliphatic heterocycles. The topological polar surface area (TPSA) is 9.23 Å². The maximum Gasteiger partial charge on any atom is 0.108 e. The number of hydrogen-bond donors (Lipinski definition) is 0. The predicted octanol–water partition coefficient (Wildman–Crippen LogP) is 3.16. The average Bonchev–Trinajstić information content (AvgIpc) is 2.15. The van der Waals surface area contributed by atoms with Crippen molar-refractivity contribution >= 4 is 15.9 Å². The number of rotatable bonds is 3. The van der Waals surface area contributed by atoms with Gasteiger partial charge in [-0.1, -0.05) is 34.0 Å². The van der Waals surface area contributed by atoms with Crippen LogP contribution < -0.4 is 0 Å². The molecule has 1 unspecified atom stereocenters. The highest BCUT2D eigenvalue weighted by atomic mass is 79.9. The Morgan fingerprint density at radius 2 is 2.08 bits per heavy atom. The van der Waals surface area contributed by atoms with Crippen LogP contribution >= 0.6 is 15.9 Å². The van der Waals surface area contributed by atoms with Gasteiger partial charge in [0.15, 0.2) is 0 Å². The maximum atomic E-state index is 5.37. The van der Waals surface area contributed by atoms with E-state index in [1.54, 1.807) is 0 Å². The average molecular weight is 239 g/mol. The first-order valence-electron chi connectivity index (χ1n) is 4.04. The number of terminal acetylenes is 1. The van der Waals surface area contributed by atoms with Gasteiger partial charge >= 0.3 is 0 Å². The number of ether oxygens (including phenoxy) is 1. The van der Waals surface area contributed by atoms with Gasteiger partial charge < -0.3 is 4.74 Å². The fourth-order valence-electron chi connectivity index (χ4n) is 1.00. The van der Waals surface area contributed by atoms with Crippen LogP contribution in [0.1, 0.15) is 18.6 Å². The predicted molar refractivity (Wildman–Crippen MR) is 57.3 cm³/mol. The minimum absolute atomic E-state index is 0.0594. The van der Waals surface area contributed by atoms with E-state index in [9.17, 15) is 0 Å². The summed E-state index contributed by atoms with van der Waals surface area (Å²) in [5.74, 6) is 2.45. The molecule has 1 atom stereocenters. The zero-order valence-electron chi connectivity index (χ0n) is 7.46. The van der Waals surface area contributed by atoms with E-state index in [0.29, 0.717) is 6.61 Å². The van der Waals surface area contributed by atoms with Crippen LogP contribution in [0.25, 0.3) is 0 Å². The molecule has 1 nitrogen and oxygen atoms in total. The maximum absolute atomic E-state index is 5.37. The second-order valence-electron chi connectivity index (χ2n) is 2.71. The van der Waals surface area contributed by atoms with Gasteiger partial charge in [-0.15, -0.1) is 6.42 Å². The molecular weight excluding hydrogens is 228 g/mol. The lowest BCUT2D eigenvalue weighted by Gasteiger charge is -2.10. The number of hydrogen-bond acceptors (Lipinski definition) is 1. The molecule has 0 spiro atoms. The first kappa shape index (κ1) is 10.3. The summed E-state index contributed by atoms with van der Waals surface area (Å²) in [5, 5.41) is 0. The van der Waals surface area contributed by atoms with Crippen LogP contribution in [-0.2, 0) is 4.74 Å². The second kappa shape index (κ2) is 5.06. The van der Waals surface area contributed by atoms with Crippen LogP contribution in [0.5, 0.6) is 0 Å². The van der Waals surface area contributed by atoms with Gasteiger partial charge in [0.05, 0.1) is 6.10 Å². The van der Waals surface area contributed by atoms with Gasteiger partial charge in [-0.2, -0.15) is 0 Å². The SMILES string of the molecule is C#CCOC(C)c1ccc(Br)cc1. The Morgan fingerprint density at radius 1 is 1.46 bits per heavy atom. The molecule has 0 bridgehead atoms. The lowest BCUT2D eigenvalue weighted by atomic mass is 10.1. The molecular formula is C11H11BrO. The van der Waals surface area contributed by atoms with Gasteiger partial charge in [0.25, 0.3) is 0 Å². The Bertz CT molecular complexity index is 297. The van der Waals surface area contributed by atoms with E-state index in [-0.39, 0.29) is 6.10 Å². The van der Waals surface area contributed by atoms with E-state index >= 15 is 0 Å². The van der Waals surface area contributed by atoms with Crippen molar-refractivity contribution in [2.45, 2.75) is 13.0 Å². The van der Waals surface area contributed by atoms with Crippen LogP contribution in [0, 0.1) is 12.3 Å². The molecule has 13 heavy (non-hydrogen) atoms. The van der Waals surface area contributed by atoms with Gasteiger partial charge in [-0.25, -0.2) is 0 Å². The molecule has 2 heteroatoms. The van der Waals surface area contributed by atoms with E-state index in [1.165, 1.54) is 0 Å².